The van der Waals surface area contributed by atoms with Gasteiger partial charge in [0, 0.05) is 24.1 Å². The molecule has 0 saturated carbocycles. The van der Waals surface area contributed by atoms with Crippen LogP contribution in [0.15, 0.2) is 18.2 Å². The minimum Gasteiger partial charge on any atom is -0.396 e. The van der Waals surface area contributed by atoms with Crippen molar-refractivity contribution >= 4 is 22.6 Å². The molecule has 1 aromatic heterocycles. The van der Waals surface area contributed by atoms with Crippen LogP contribution in [0.5, 0.6) is 0 Å². The number of aliphatic hydroxyl groups is 1. The highest BCUT2D eigenvalue weighted by molar-refractivity contribution is 5.93. The quantitative estimate of drug-likeness (QED) is 0.802. The van der Waals surface area contributed by atoms with Crippen LogP contribution in [-0.4, -0.2) is 27.6 Å². The maximum atomic E-state index is 11.6. The van der Waals surface area contributed by atoms with Gasteiger partial charge in [-0.2, -0.15) is 0 Å². The Morgan fingerprint density at radius 1 is 1.40 bits per heavy atom. The van der Waals surface area contributed by atoms with E-state index in [2.05, 4.69) is 36.1 Å². The Morgan fingerprint density at radius 3 is 2.80 bits per heavy atom. The summed E-state index contributed by atoms with van der Waals surface area (Å²) in [5.74, 6) is 0.838. The lowest BCUT2D eigenvalue weighted by atomic mass is 9.96. The number of aromatic nitrogens is 2. The Kier molecular flexibility index (Phi) is 4.09. The van der Waals surface area contributed by atoms with Crippen LogP contribution in [-0.2, 0) is 10.2 Å². The van der Waals surface area contributed by atoms with Crippen LogP contribution in [0.3, 0.4) is 0 Å². The normalized spacial score (nSPS) is 11.8. The first kappa shape index (κ1) is 14.5. The van der Waals surface area contributed by atoms with E-state index in [9.17, 15) is 4.79 Å². The number of rotatable bonds is 4. The summed E-state index contributed by atoms with van der Waals surface area (Å²) in [5, 5.41) is 11.5. The van der Waals surface area contributed by atoms with Gasteiger partial charge in [-0.1, -0.05) is 20.8 Å². The summed E-state index contributed by atoms with van der Waals surface area (Å²) in [7, 11) is 0. The standard InChI is InChI=1S/C15H21N3O2/c1-15(2,3)14-17-11-7-6-10(9-12(11)18-14)16-13(20)5-4-8-19/h6-7,9,19H,4-5,8H2,1-3H3,(H,16,20)(H,17,18). The third-order valence-electron chi connectivity index (χ3n) is 3.04. The maximum absolute atomic E-state index is 11.6. The van der Waals surface area contributed by atoms with Gasteiger partial charge in [0.25, 0.3) is 0 Å². The molecule has 108 valence electrons. The van der Waals surface area contributed by atoms with Gasteiger partial charge in [-0.3, -0.25) is 4.79 Å². The van der Waals surface area contributed by atoms with Crippen molar-refractivity contribution < 1.29 is 9.90 Å². The number of fused-ring (bicyclic) bond motifs is 1. The van der Waals surface area contributed by atoms with Crippen LogP contribution in [0.4, 0.5) is 5.69 Å². The van der Waals surface area contributed by atoms with Crippen molar-refractivity contribution in [1.29, 1.82) is 0 Å². The molecule has 0 spiro atoms. The van der Waals surface area contributed by atoms with E-state index in [1.165, 1.54) is 0 Å². The number of hydrogen-bond acceptors (Lipinski definition) is 3. The van der Waals surface area contributed by atoms with Crippen molar-refractivity contribution in [3.05, 3.63) is 24.0 Å². The summed E-state index contributed by atoms with van der Waals surface area (Å²) >= 11 is 0. The number of imidazole rings is 1. The number of hydrogen-bond donors (Lipinski definition) is 3. The minimum atomic E-state index is -0.0889. The van der Waals surface area contributed by atoms with Crippen molar-refractivity contribution in [2.24, 2.45) is 0 Å². The number of H-pyrrole nitrogens is 1. The SMILES string of the molecule is CC(C)(C)c1nc2ccc(NC(=O)CCCO)cc2[nH]1. The zero-order chi connectivity index (χ0) is 14.8. The third kappa shape index (κ3) is 3.36. The molecule has 2 rings (SSSR count). The van der Waals surface area contributed by atoms with Gasteiger partial charge in [0.15, 0.2) is 0 Å². The van der Waals surface area contributed by atoms with Crippen LogP contribution in [0, 0.1) is 0 Å². The summed E-state index contributed by atoms with van der Waals surface area (Å²) in [6, 6.07) is 5.61. The average molecular weight is 275 g/mol. The lowest BCUT2D eigenvalue weighted by Crippen LogP contribution is -2.13. The molecule has 0 bridgehead atoms. The zero-order valence-corrected chi connectivity index (χ0v) is 12.2. The van der Waals surface area contributed by atoms with Crippen LogP contribution < -0.4 is 5.32 Å². The molecule has 2 aromatic rings. The summed E-state index contributed by atoms with van der Waals surface area (Å²) in [5.41, 5.74) is 2.51. The van der Waals surface area contributed by atoms with E-state index in [1.54, 1.807) is 0 Å². The van der Waals surface area contributed by atoms with Gasteiger partial charge in [0.2, 0.25) is 5.91 Å². The molecule has 0 unspecified atom stereocenters. The molecule has 3 N–H and O–H groups in total. The zero-order valence-electron chi connectivity index (χ0n) is 12.2. The molecule has 0 radical (unpaired) electrons. The maximum Gasteiger partial charge on any atom is 0.224 e. The topological polar surface area (TPSA) is 78.0 Å². The molecule has 0 saturated heterocycles. The van der Waals surface area contributed by atoms with Gasteiger partial charge in [0.05, 0.1) is 11.0 Å². The highest BCUT2D eigenvalue weighted by Crippen LogP contribution is 2.24. The number of carbonyl (C=O) groups excluding carboxylic acids is 1. The molecule has 5 nitrogen and oxygen atoms in total. The van der Waals surface area contributed by atoms with Gasteiger partial charge in [-0.15, -0.1) is 0 Å². The first-order chi connectivity index (χ1) is 9.40. The number of anilines is 1. The Labute approximate surface area is 118 Å². The Hall–Kier alpha value is -1.88. The fraction of sp³-hybridized carbons (Fsp3) is 0.467. The van der Waals surface area contributed by atoms with E-state index >= 15 is 0 Å². The van der Waals surface area contributed by atoms with E-state index in [-0.39, 0.29) is 17.9 Å². The van der Waals surface area contributed by atoms with Crippen LogP contribution in [0.2, 0.25) is 0 Å². The van der Waals surface area contributed by atoms with E-state index in [0.717, 1.165) is 22.5 Å². The second-order valence-corrected chi connectivity index (χ2v) is 5.94. The summed E-state index contributed by atoms with van der Waals surface area (Å²) < 4.78 is 0. The highest BCUT2D eigenvalue weighted by Gasteiger charge is 2.18. The predicted octanol–water partition coefficient (Wildman–Crippen LogP) is 2.57. The van der Waals surface area contributed by atoms with Crippen molar-refractivity contribution in [3.8, 4) is 0 Å². The molecule has 5 heteroatoms. The monoisotopic (exact) mass is 275 g/mol. The molecule has 0 aliphatic heterocycles. The molecule has 0 fully saturated rings. The van der Waals surface area contributed by atoms with Gasteiger partial charge < -0.3 is 15.4 Å². The highest BCUT2D eigenvalue weighted by atomic mass is 16.3. The fourth-order valence-corrected chi connectivity index (χ4v) is 1.91. The van der Waals surface area contributed by atoms with Crippen molar-refractivity contribution in [2.75, 3.05) is 11.9 Å². The second kappa shape index (κ2) is 5.63. The molecule has 0 aliphatic rings. The lowest BCUT2D eigenvalue weighted by molar-refractivity contribution is -0.116. The molecule has 20 heavy (non-hydrogen) atoms. The van der Waals surface area contributed by atoms with E-state index in [1.807, 2.05) is 18.2 Å². The molecular weight excluding hydrogens is 254 g/mol. The van der Waals surface area contributed by atoms with E-state index in [0.29, 0.717) is 12.8 Å². The number of amides is 1. The molecule has 1 aromatic carbocycles. The first-order valence-electron chi connectivity index (χ1n) is 6.81. The summed E-state index contributed by atoms with van der Waals surface area (Å²) in [4.78, 5) is 19.5. The van der Waals surface area contributed by atoms with Crippen molar-refractivity contribution in [3.63, 3.8) is 0 Å². The van der Waals surface area contributed by atoms with Gasteiger partial charge in [0.1, 0.15) is 5.82 Å². The Bertz CT molecular complexity index is 611. The van der Waals surface area contributed by atoms with Crippen LogP contribution >= 0.6 is 0 Å². The lowest BCUT2D eigenvalue weighted by Gasteiger charge is -2.13. The molecule has 1 amide bonds. The number of aliphatic hydroxyl groups excluding tert-OH is 1. The number of aromatic amines is 1. The third-order valence-corrected chi connectivity index (χ3v) is 3.04. The smallest absolute Gasteiger partial charge is 0.224 e. The minimum absolute atomic E-state index is 0.0297. The van der Waals surface area contributed by atoms with Crippen LogP contribution in [0.25, 0.3) is 11.0 Å². The van der Waals surface area contributed by atoms with E-state index in [4.69, 9.17) is 5.11 Å². The summed E-state index contributed by atoms with van der Waals surface area (Å²) in [6.07, 6.45) is 0.803. The Balaban J connectivity index is 2.19. The fourth-order valence-electron chi connectivity index (χ4n) is 1.91. The number of nitrogens with zero attached hydrogens (tertiary/aromatic N) is 1. The van der Waals surface area contributed by atoms with Crippen LogP contribution in [0.1, 0.15) is 39.4 Å². The van der Waals surface area contributed by atoms with E-state index < -0.39 is 0 Å². The number of carbonyl (C=O) groups is 1. The second-order valence-electron chi connectivity index (χ2n) is 5.94. The molecule has 0 atom stereocenters. The van der Waals surface area contributed by atoms with Crippen molar-refractivity contribution in [1.82, 2.24) is 9.97 Å². The number of nitrogens with one attached hydrogen (secondary N) is 2. The molecule has 0 aliphatic carbocycles. The summed E-state index contributed by atoms with van der Waals surface area (Å²) in [6.45, 7) is 6.33. The van der Waals surface area contributed by atoms with Gasteiger partial charge in [-0.05, 0) is 24.6 Å². The first-order valence-corrected chi connectivity index (χ1v) is 6.81. The largest absolute Gasteiger partial charge is 0.396 e. The molecule has 1 heterocycles. The van der Waals surface area contributed by atoms with Crippen molar-refractivity contribution in [2.45, 2.75) is 39.0 Å². The van der Waals surface area contributed by atoms with Gasteiger partial charge >= 0.3 is 0 Å². The Morgan fingerprint density at radius 2 is 2.15 bits per heavy atom. The van der Waals surface area contributed by atoms with Gasteiger partial charge in [-0.25, -0.2) is 4.98 Å². The molecular formula is C15H21N3O2. The predicted molar refractivity (Wildman–Crippen MR) is 79.7 cm³/mol. The number of benzene rings is 1. The average Bonchev–Trinajstić information content (AvgIpc) is 2.79.